The van der Waals surface area contributed by atoms with E-state index >= 15 is 0 Å². The van der Waals surface area contributed by atoms with Gasteiger partial charge in [-0.3, -0.25) is 9.59 Å². The number of sulfone groups is 2. The quantitative estimate of drug-likeness (QED) is 0.155. The minimum atomic E-state index is -3.58. The molecule has 2 saturated heterocycles. The van der Waals surface area contributed by atoms with Crippen LogP contribution < -0.4 is 11.5 Å². The standard InChI is InChI=1S/2C21H30N2O6S/c2*1-5-28-19(24)15-10-11-23(20(25)29-21(2,3)4)18(15)16-12-13(22)6-9-17(16)30(26,27)14-7-8-14/h2*6,9,12,14-15,18H,5,7-8,10-11,22H2,1-4H3/t2*15-,18-/m10/s1. The lowest BCUT2D eigenvalue weighted by molar-refractivity contribution is -0.149. The van der Waals surface area contributed by atoms with Gasteiger partial charge in [0.1, 0.15) is 11.2 Å². The summed E-state index contributed by atoms with van der Waals surface area (Å²) in [6.45, 7) is 14.8. The number of benzene rings is 2. The Balaban J connectivity index is 0.000000228. The first kappa shape index (κ1) is 46.5. The molecule has 2 aliphatic heterocycles. The van der Waals surface area contributed by atoms with Crippen molar-refractivity contribution in [2.75, 3.05) is 37.8 Å². The molecule has 60 heavy (non-hydrogen) atoms. The molecular formula is C42H60N4O12S2. The van der Waals surface area contributed by atoms with E-state index in [9.17, 15) is 36.0 Å². The van der Waals surface area contributed by atoms with E-state index in [2.05, 4.69) is 0 Å². The molecule has 4 atom stereocenters. The van der Waals surface area contributed by atoms with Crippen LogP contribution in [0, 0.1) is 11.8 Å². The molecule has 6 rings (SSSR count). The molecule has 18 heteroatoms. The molecule has 0 radical (unpaired) electrons. The first-order valence-electron chi connectivity index (χ1n) is 20.5. The zero-order chi connectivity index (χ0) is 44.5. The van der Waals surface area contributed by atoms with Crippen molar-refractivity contribution >= 4 is 55.2 Å². The van der Waals surface area contributed by atoms with Gasteiger partial charge in [0.2, 0.25) is 0 Å². The van der Waals surface area contributed by atoms with Gasteiger partial charge in [-0.2, -0.15) is 0 Å². The van der Waals surface area contributed by atoms with Crippen LogP contribution in [-0.2, 0) is 48.2 Å². The van der Waals surface area contributed by atoms with Crippen molar-refractivity contribution < 1.29 is 55.0 Å². The number of esters is 2. The van der Waals surface area contributed by atoms with Crippen molar-refractivity contribution in [3.63, 3.8) is 0 Å². The minimum absolute atomic E-state index is 0.119. The van der Waals surface area contributed by atoms with E-state index in [0.29, 0.717) is 61.0 Å². The second-order valence-corrected chi connectivity index (χ2v) is 22.0. The van der Waals surface area contributed by atoms with Crippen LogP contribution in [0.1, 0.15) is 117 Å². The maximum Gasteiger partial charge on any atom is 0.410 e. The number of nitrogens with zero attached hydrogens (tertiary/aromatic N) is 2. The molecule has 4 N–H and O–H groups in total. The van der Waals surface area contributed by atoms with Crippen LogP contribution in [0.15, 0.2) is 46.2 Å². The van der Waals surface area contributed by atoms with E-state index < -0.39 is 89.4 Å². The summed E-state index contributed by atoms with van der Waals surface area (Å²) < 4.78 is 73.9. The maximum atomic E-state index is 13.1. The Morgan fingerprint density at radius 2 is 0.933 bits per heavy atom. The summed E-state index contributed by atoms with van der Waals surface area (Å²) in [6, 6.07) is 7.47. The third-order valence-electron chi connectivity index (χ3n) is 10.5. The highest BCUT2D eigenvalue weighted by Crippen LogP contribution is 2.46. The molecule has 0 aromatic heterocycles. The van der Waals surface area contributed by atoms with Gasteiger partial charge in [0.25, 0.3) is 0 Å². The Kier molecular flexibility index (Phi) is 13.8. The zero-order valence-electron chi connectivity index (χ0n) is 35.8. The largest absolute Gasteiger partial charge is 0.466 e. The van der Waals surface area contributed by atoms with Crippen LogP contribution in [0.25, 0.3) is 0 Å². The maximum absolute atomic E-state index is 13.1. The Morgan fingerprint density at radius 1 is 0.600 bits per heavy atom. The van der Waals surface area contributed by atoms with Gasteiger partial charge in [-0.15, -0.1) is 0 Å². The number of ether oxygens (including phenoxy) is 4. The Labute approximate surface area is 353 Å². The van der Waals surface area contributed by atoms with Crippen molar-refractivity contribution in [3.05, 3.63) is 47.5 Å². The van der Waals surface area contributed by atoms with Gasteiger partial charge in [0.05, 0.1) is 57.4 Å². The highest BCUT2D eigenvalue weighted by atomic mass is 32.2. The lowest BCUT2D eigenvalue weighted by atomic mass is 9.93. The fraction of sp³-hybridized carbons (Fsp3) is 0.619. The van der Waals surface area contributed by atoms with Gasteiger partial charge in [-0.05, 0) is 141 Å². The zero-order valence-corrected chi connectivity index (χ0v) is 37.4. The second-order valence-electron chi connectivity index (χ2n) is 17.6. The molecule has 4 aliphatic rings. The summed E-state index contributed by atoms with van der Waals surface area (Å²) in [4.78, 5) is 54.3. The normalized spacial score (nSPS) is 22.1. The van der Waals surface area contributed by atoms with Crippen molar-refractivity contribution in [1.29, 1.82) is 0 Å². The number of hydrogen-bond donors (Lipinski definition) is 2. The van der Waals surface area contributed by atoms with Gasteiger partial charge in [0, 0.05) is 24.5 Å². The van der Waals surface area contributed by atoms with Crippen molar-refractivity contribution in [2.45, 2.75) is 137 Å². The predicted molar refractivity (Wildman–Crippen MR) is 223 cm³/mol. The molecule has 2 heterocycles. The predicted octanol–water partition coefficient (Wildman–Crippen LogP) is 6.13. The number of rotatable bonds is 10. The van der Waals surface area contributed by atoms with Gasteiger partial charge in [0.15, 0.2) is 19.7 Å². The average molecular weight is 877 g/mol. The van der Waals surface area contributed by atoms with Crippen LogP contribution in [0.3, 0.4) is 0 Å². The third-order valence-corrected chi connectivity index (χ3v) is 15.1. The SMILES string of the molecule is CCOC(=O)[C@@H]1CCN(C(=O)OC(C)(C)C)[C@H]1c1cc(N)ccc1S(=O)(=O)C1CC1.CCOC(=O)[C@H]1CCN(C(=O)OC(C)(C)C)[C@@H]1c1cc(N)ccc1S(=O)(=O)C1CC1. The van der Waals surface area contributed by atoms with Gasteiger partial charge in [-0.25, -0.2) is 26.4 Å². The van der Waals surface area contributed by atoms with Gasteiger partial charge in [-0.1, -0.05) is 0 Å². The minimum Gasteiger partial charge on any atom is -0.466 e. The number of amides is 2. The topological polar surface area (TPSA) is 232 Å². The number of likely N-dealkylation sites (tertiary alicyclic amines) is 2. The molecular weight excluding hydrogens is 817 g/mol. The highest BCUT2D eigenvalue weighted by Gasteiger charge is 2.49. The monoisotopic (exact) mass is 876 g/mol. The molecule has 0 unspecified atom stereocenters. The smallest absolute Gasteiger partial charge is 0.410 e. The van der Waals surface area contributed by atoms with Gasteiger partial charge < -0.3 is 40.2 Å². The Bertz CT molecular complexity index is 2020. The fourth-order valence-corrected chi connectivity index (χ4v) is 11.4. The summed E-state index contributed by atoms with van der Waals surface area (Å²) in [5.74, 6) is -2.34. The van der Waals surface area contributed by atoms with Gasteiger partial charge >= 0.3 is 24.1 Å². The number of carbonyl (C=O) groups is 4. The lowest BCUT2D eigenvalue weighted by Crippen LogP contribution is -2.39. The molecule has 0 bridgehead atoms. The molecule has 2 amide bonds. The van der Waals surface area contributed by atoms with Crippen LogP contribution >= 0.6 is 0 Å². The fourth-order valence-electron chi connectivity index (χ4n) is 7.63. The summed E-state index contributed by atoms with van der Waals surface area (Å²) in [6.07, 6.45) is 1.91. The van der Waals surface area contributed by atoms with E-state index in [4.69, 9.17) is 30.4 Å². The van der Waals surface area contributed by atoms with Crippen LogP contribution in [-0.4, -0.2) is 98.8 Å². The summed E-state index contributed by atoms with van der Waals surface area (Å²) in [5.41, 5.74) is 11.9. The molecule has 16 nitrogen and oxygen atoms in total. The molecule has 2 aromatic carbocycles. The summed E-state index contributed by atoms with van der Waals surface area (Å²) in [5, 5.41) is -0.866. The summed E-state index contributed by atoms with van der Waals surface area (Å²) >= 11 is 0. The van der Waals surface area contributed by atoms with E-state index in [-0.39, 0.29) is 36.1 Å². The molecule has 2 aromatic rings. The number of hydrogen-bond acceptors (Lipinski definition) is 14. The molecule has 332 valence electrons. The van der Waals surface area contributed by atoms with E-state index in [1.54, 1.807) is 67.5 Å². The first-order chi connectivity index (χ1) is 27.9. The molecule has 0 spiro atoms. The van der Waals surface area contributed by atoms with Crippen molar-refractivity contribution in [2.24, 2.45) is 11.8 Å². The third kappa shape index (κ3) is 10.6. The number of nitrogen functional groups attached to an aromatic ring is 2. The van der Waals surface area contributed by atoms with Crippen LogP contribution in [0.2, 0.25) is 0 Å². The molecule has 4 fully saturated rings. The Morgan fingerprint density at radius 3 is 1.22 bits per heavy atom. The lowest BCUT2D eigenvalue weighted by Gasteiger charge is -2.31. The van der Waals surface area contributed by atoms with Crippen molar-refractivity contribution in [1.82, 2.24) is 9.80 Å². The highest BCUT2D eigenvalue weighted by molar-refractivity contribution is 7.92. The number of carbonyl (C=O) groups excluding carboxylic acids is 4. The van der Waals surface area contributed by atoms with E-state index in [1.165, 1.54) is 34.1 Å². The number of nitrogens with two attached hydrogens (primary N) is 2. The van der Waals surface area contributed by atoms with E-state index in [1.807, 2.05) is 0 Å². The average Bonchev–Trinajstić information content (AvgIpc) is 4.08. The van der Waals surface area contributed by atoms with Crippen LogP contribution in [0.4, 0.5) is 21.0 Å². The summed E-state index contributed by atoms with van der Waals surface area (Å²) in [7, 11) is -7.17. The number of anilines is 2. The van der Waals surface area contributed by atoms with Crippen molar-refractivity contribution in [3.8, 4) is 0 Å². The Hall–Kier alpha value is -4.58. The first-order valence-corrected chi connectivity index (χ1v) is 23.6. The second kappa shape index (κ2) is 17.8. The molecule has 2 saturated carbocycles. The molecule has 2 aliphatic carbocycles. The van der Waals surface area contributed by atoms with Crippen LogP contribution in [0.5, 0.6) is 0 Å². The van der Waals surface area contributed by atoms with E-state index in [0.717, 1.165) is 0 Å².